The van der Waals surface area contributed by atoms with Crippen molar-refractivity contribution in [2.45, 2.75) is 26.3 Å². The first-order valence-electron chi connectivity index (χ1n) is 10.8. The van der Waals surface area contributed by atoms with Gasteiger partial charge in [-0.2, -0.15) is 4.98 Å². The Morgan fingerprint density at radius 3 is 2.66 bits per heavy atom. The van der Waals surface area contributed by atoms with E-state index in [0.29, 0.717) is 50.7 Å². The van der Waals surface area contributed by atoms with Crippen molar-refractivity contribution in [2.75, 3.05) is 32.7 Å². The van der Waals surface area contributed by atoms with Gasteiger partial charge in [-0.15, -0.1) is 0 Å². The first-order valence-corrected chi connectivity index (χ1v) is 10.8. The van der Waals surface area contributed by atoms with Crippen molar-refractivity contribution in [3.05, 3.63) is 59.9 Å². The standard InChI is InChI=1S/C23H27N5O4/c1-17-6-2-3-7-18(17)22-25-20(32-26-22)16-27-11-13-28(14-12-27)21(29)9-4-10-24-23(30)19-8-5-15-31-19/h2-3,5-8,15H,4,9-14,16H2,1H3,(H,24,30). The van der Waals surface area contributed by atoms with E-state index in [4.69, 9.17) is 8.94 Å². The third-order valence-corrected chi connectivity index (χ3v) is 5.54. The summed E-state index contributed by atoms with van der Waals surface area (Å²) in [7, 11) is 0. The molecule has 3 aromatic rings. The molecule has 0 unspecified atom stereocenters. The van der Waals surface area contributed by atoms with Crippen LogP contribution in [0.15, 0.2) is 51.6 Å². The van der Waals surface area contributed by atoms with E-state index in [2.05, 4.69) is 20.4 Å². The normalized spacial score (nSPS) is 14.5. The summed E-state index contributed by atoms with van der Waals surface area (Å²) in [6.07, 6.45) is 2.46. The van der Waals surface area contributed by atoms with Crippen LogP contribution < -0.4 is 5.32 Å². The highest BCUT2D eigenvalue weighted by Crippen LogP contribution is 2.20. The molecule has 2 amide bonds. The molecule has 1 fully saturated rings. The number of aryl methyl sites for hydroxylation is 1. The third-order valence-electron chi connectivity index (χ3n) is 5.54. The highest BCUT2D eigenvalue weighted by atomic mass is 16.5. The summed E-state index contributed by atoms with van der Waals surface area (Å²) < 4.78 is 10.5. The minimum absolute atomic E-state index is 0.108. The highest BCUT2D eigenvalue weighted by molar-refractivity contribution is 5.91. The Labute approximate surface area is 186 Å². The predicted octanol–water partition coefficient (Wildman–Crippen LogP) is 2.49. The van der Waals surface area contributed by atoms with E-state index in [-0.39, 0.29) is 17.6 Å². The SMILES string of the molecule is Cc1ccccc1-c1noc(CN2CCN(C(=O)CCCNC(=O)c3ccco3)CC2)n1. The second-order valence-corrected chi connectivity index (χ2v) is 7.82. The van der Waals surface area contributed by atoms with E-state index in [1.807, 2.05) is 36.1 Å². The molecule has 0 saturated carbocycles. The topological polar surface area (TPSA) is 105 Å². The van der Waals surface area contributed by atoms with E-state index in [1.54, 1.807) is 12.1 Å². The van der Waals surface area contributed by atoms with Crippen LogP contribution in [0.1, 0.15) is 34.9 Å². The summed E-state index contributed by atoms with van der Waals surface area (Å²) in [4.78, 5) is 32.9. The van der Waals surface area contributed by atoms with Gasteiger partial charge in [0.2, 0.25) is 17.6 Å². The van der Waals surface area contributed by atoms with Gasteiger partial charge < -0.3 is 19.2 Å². The summed E-state index contributed by atoms with van der Waals surface area (Å²) in [6, 6.07) is 11.2. The van der Waals surface area contributed by atoms with Crippen molar-refractivity contribution >= 4 is 11.8 Å². The lowest BCUT2D eigenvalue weighted by molar-refractivity contribution is -0.133. The Kier molecular flexibility index (Phi) is 6.96. The third kappa shape index (κ3) is 5.42. The number of furan rings is 1. The van der Waals surface area contributed by atoms with E-state index in [9.17, 15) is 9.59 Å². The molecule has 3 heterocycles. The van der Waals surface area contributed by atoms with Crippen LogP contribution >= 0.6 is 0 Å². The predicted molar refractivity (Wildman–Crippen MR) is 117 cm³/mol. The first kappa shape index (κ1) is 21.8. The number of carbonyl (C=O) groups excluding carboxylic acids is 2. The van der Waals surface area contributed by atoms with E-state index in [0.717, 1.165) is 24.2 Å². The first-order chi connectivity index (χ1) is 15.6. The van der Waals surface area contributed by atoms with Gasteiger partial charge in [-0.05, 0) is 31.0 Å². The summed E-state index contributed by atoms with van der Waals surface area (Å²) in [5.74, 6) is 1.31. The molecule has 0 bridgehead atoms. The van der Waals surface area contributed by atoms with Crippen LogP contribution in [0.5, 0.6) is 0 Å². The molecule has 1 N–H and O–H groups in total. The molecule has 168 valence electrons. The minimum atomic E-state index is -0.261. The molecule has 0 atom stereocenters. The van der Waals surface area contributed by atoms with E-state index < -0.39 is 0 Å². The molecule has 2 aromatic heterocycles. The van der Waals surface area contributed by atoms with Crippen molar-refractivity contribution in [2.24, 2.45) is 0 Å². The molecule has 9 nitrogen and oxygen atoms in total. The number of nitrogens with one attached hydrogen (secondary N) is 1. The second-order valence-electron chi connectivity index (χ2n) is 7.82. The van der Waals surface area contributed by atoms with Crippen molar-refractivity contribution in [1.29, 1.82) is 0 Å². The summed E-state index contributed by atoms with van der Waals surface area (Å²) in [5, 5.41) is 6.87. The number of hydrogen-bond donors (Lipinski definition) is 1. The lowest BCUT2D eigenvalue weighted by Gasteiger charge is -2.34. The number of rotatable bonds is 8. The molecule has 32 heavy (non-hydrogen) atoms. The number of piperazine rings is 1. The van der Waals surface area contributed by atoms with Gasteiger partial charge in [0, 0.05) is 44.7 Å². The maximum absolute atomic E-state index is 12.5. The number of aromatic nitrogens is 2. The number of amides is 2. The van der Waals surface area contributed by atoms with Gasteiger partial charge in [-0.3, -0.25) is 14.5 Å². The molecular formula is C23H27N5O4. The Morgan fingerprint density at radius 1 is 1.09 bits per heavy atom. The van der Waals surface area contributed by atoms with Crippen LogP contribution in [0.25, 0.3) is 11.4 Å². The smallest absolute Gasteiger partial charge is 0.286 e. The average molecular weight is 438 g/mol. The maximum atomic E-state index is 12.5. The second kappa shape index (κ2) is 10.2. The zero-order valence-corrected chi connectivity index (χ0v) is 18.1. The van der Waals surface area contributed by atoms with Crippen LogP contribution in [-0.2, 0) is 11.3 Å². The van der Waals surface area contributed by atoms with Crippen LogP contribution in [0.4, 0.5) is 0 Å². The molecular weight excluding hydrogens is 410 g/mol. The monoisotopic (exact) mass is 437 g/mol. The lowest BCUT2D eigenvalue weighted by atomic mass is 10.1. The largest absolute Gasteiger partial charge is 0.459 e. The fraction of sp³-hybridized carbons (Fsp3) is 0.391. The number of hydrogen-bond acceptors (Lipinski definition) is 7. The van der Waals surface area contributed by atoms with Crippen molar-refractivity contribution in [3.63, 3.8) is 0 Å². The van der Waals surface area contributed by atoms with Crippen LogP contribution in [0.2, 0.25) is 0 Å². The average Bonchev–Trinajstić information content (AvgIpc) is 3.50. The zero-order valence-electron chi connectivity index (χ0n) is 18.1. The van der Waals surface area contributed by atoms with E-state index >= 15 is 0 Å². The fourth-order valence-corrected chi connectivity index (χ4v) is 3.69. The molecule has 4 rings (SSSR count). The quantitative estimate of drug-likeness (QED) is 0.540. The van der Waals surface area contributed by atoms with Crippen molar-refractivity contribution in [3.8, 4) is 11.4 Å². The molecule has 1 aromatic carbocycles. The molecule has 0 spiro atoms. The van der Waals surface area contributed by atoms with Gasteiger partial charge in [0.25, 0.3) is 5.91 Å². The molecule has 0 aliphatic carbocycles. The molecule has 1 aliphatic rings. The number of nitrogens with zero attached hydrogens (tertiary/aromatic N) is 4. The summed E-state index contributed by atoms with van der Waals surface area (Å²) in [6.45, 7) is 5.86. The maximum Gasteiger partial charge on any atom is 0.286 e. The Hall–Kier alpha value is -3.46. The van der Waals surface area contributed by atoms with Crippen molar-refractivity contribution in [1.82, 2.24) is 25.3 Å². The summed E-state index contributed by atoms with van der Waals surface area (Å²) in [5.41, 5.74) is 2.07. The Bertz CT molecular complexity index is 1040. The van der Waals surface area contributed by atoms with Gasteiger partial charge in [0.05, 0.1) is 12.8 Å². The van der Waals surface area contributed by atoms with E-state index in [1.165, 1.54) is 6.26 Å². The van der Waals surface area contributed by atoms with Crippen LogP contribution in [0, 0.1) is 6.92 Å². The van der Waals surface area contributed by atoms with Gasteiger partial charge in [-0.1, -0.05) is 29.4 Å². The van der Waals surface area contributed by atoms with Gasteiger partial charge in [0.1, 0.15) is 0 Å². The molecule has 0 radical (unpaired) electrons. The molecule has 9 heteroatoms. The van der Waals surface area contributed by atoms with Crippen LogP contribution in [0.3, 0.4) is 0 Å². The van der Waals surface area contributed by atoms with Gasteiger partial charge >= 0.3 is 0 Å². The number of carbonyl (C=O) groups is 2. The highest BCUT2D eigenvalue weighted by Gasteiger charge is 2.22. The molecule has 1 saturated heterocycles. The van der Waals surface area contributed by atoms with Crippen LogP contribution in [-0.4, -0.2) is 64.5 Å². The summed E-state index contributed by atoms with van der Waals surface area (Å²) >= 11 is 0. The zero-order chi connectivity index (χ0) is 22.3. The van der Waals surface area contributed by atoms with Gasteiger partial charge in [0.15, 0.2) is 5.76 Å². The Morgan fingerprint density at radius 2 is 1.91 bits per heavy atom. The van der Waals surface area contributed by atoms with Crippen molar-refractivity contribution < 1.29 is 18.5 Å². The molecule has 1 aliphatic heterocycles. The number of benzene rings is 1. The van der Waals surface area contributed by atoms with Gasteiger partial charge in [-0.25, -0.2) is 0 Å². The minimum Gasteiger partial charge on any atom is -0.459 e. The fourth-order valence-electron chi connectivity index (χ4n) is 3.69. The Balaban J connectivity index is 1.17. The lowest BCUT2D eigenvalue weighted by Crippen LogP contribution is -2.48.